The zero-order valence-corrected chi connectivity index (χ0v) is 9.98. The molecule has 0 saturated heterocycles. The van der Waals surface area contributed by atoms with E-state index in [0.717, 1.165) is 17.8 Å². The van der Waals surface area contributed by atoms with Gasteiger partial charge in [-0.3, -0.25) is 0 Å². The van der Waals surface area contributed by atoms with Crippen molar-refractivity contribution in [1.29, 1.82) is 0 Å². The lowest BCUT2D eigenvalue weighted by molar-refractivity contribution is 0.702. The molecule has 2 atom stereocenters. The van der Waals surface area contributed by atoms with Gasteiger partial charge in [-0.1, -0.05) is 37.3 Å². The van der Waals surface area contributed by atoms with Crippen molar-refractivity contribution in [3.63, 3.8) is 0 Å². The highest BCUT2D eigenvalue weighted by molar-refractivity contribution is 5.30. The number of hydrogen-bond donors (Lipinski definition) is 2. The summed E-state index contributed by atoms with van der Waals surface area (Å²) >= 11 is 0. The number of hydrogen-bond acceptors (Lipinski definition) is 2. The monoisotopic (exact) mass is 227 g/mol. The average Bonchev–Trinajstić information content (AvgIpc) is 2.92. The molecular formula is C14H17N3. The number of rotatable bonds is 2. The summed E-state index contributed by atoms with van der Waals surface area (Å²) in [7, 11) is 0. The van der Waals surface area contributed by atoms with Crippen LogP contribution in [0.1, 0.15) is 48.1 Å². The molecule has 1 aliphatic carbocycles. The van der Waals surface area contributed by atoms with Crippen molar-refractivity contribution in [2.45, 2.75) is 31.7 Å². The van der Waals surface area contributed by atoms with Crippen LogP contribution in [0.4, 0.5) is 0 Å². The Bertz CT molecular complexity index is 516. The van der Waals surface area contributed by atoms with Gasteiger partial charge in [-0.2, -0.15) is 0 Å². The van der Waals surface area contributed by atoms with Gasteiger partial charge in [0, 0.05) is 11.6 Å². The van der Waals surface area contributed by atoms with Crippen LogP contribution in [0.2, 0.25) is 0 Å². The molecule has 1 aromatic heterocycles. The standard InChI is InChI=1S/C14H17N3/c1-9-7-8-11-13(9)17-14(16-11)12(15)10-5-3-2-4-6-10/h2-6,9,12H,7-8,15H2,1H3,(H,16,17). The van der Waals surface area contributed by atoms with Crippen LogP contribution in [0, 0.1) is 0 Å². The minimum atomic E-state index is -0.144. The van der Waals surface area contributed by atoms with E-state index in [0.29, 0.717) is 5.92 Å². The molecule has 2 aromatic rings. The minimum absolute atomic E-state index is 0.144. The van der Waals surface area contributed by atoms with Crippen LogP contribution in [-0.4, -0.2) is 9.97 Å². The Labute approximate surface area is 101 Å². The molecule has 1 heterocycles. The summed E-state index contributed by atoms with van der Waals surface area (Å²) in [6, 6.07) is 9.96. The summed E-state index contributed by atoms with van der Waals surface area (Å²) in [5.74, 6) is 1.46. The van der Waals surface area contributed by atoms with E-state index < -0.39 is 0 Å². The molecule has 3 rings (SSSR count). The van der Waals surface area contributed by atoms with Gasteiger partial charge >= 0.3 is 0 Å². The molecule has 3 N–H and O–H groups in total. The van der Waals surface area contributed by atoms with Crippen LogP contribution in [0.3, 0.4) is 0 Å². The highest BCUT2D eigenvalue weighted by atomic mass is 15.0. The van der Waals surface area contributed by atoms with Crippen molar-refractivity contribution >= 4 is 0 Å². The third-order valence-electron chi connectivity index (χ3n) is 3.58. The Balaban J connectivity index is 1.93. The highest BCUT2D eigenvalue weighted by Crippen LogP contribution is 2.32. The maximum Gasteiger partial charge on any atom is 0.128 e. The van der Waals surface area contributed by atoms with Gasteiger partial charge in [-0.25, -0.2) is 4.98 Å². The second-order valence-electron chi connectivity index (χ2n) is 4.81. The van der Waals surface area contributed by atoms with Crippen LogP contribution in [0.5, 0.6) is 0 Å². The Morgan fingerprint density at radius 1 is 1.35 bits per heavy atom. The lowest BCUT2D eigenvalue weighted by Crippen LogP contribution is -2.13. The quantitative estimate of drug-likeness (QED) is 0.828. The molecule has 0 spiro atoms. The number of aromatic nitrogens is 2. The molecule has 0 saturated carbocycles. The number of fused-ring (bicyclic) bond motifs is 1. The number of aromatic amines is 1. The van der Waals surface area contributed by atoms with Gasteiger partial charge in [0.2, 0.25) is 0 Å². The van der Waals surface area contributed by atoms with Crippen LogP contribution >= 0.6 is 0 Å². The third kappa shape index (κ3) is 1.76. The molecule has 3 heteroatoms. The molecule has 0 radical (unpaired) electrons. The molecule has 2 unspecified atom stereocenters. The number of H-pyrrole nitrogens is 1. The number of nitrogens with one attached hydrogen (secondary N) is 1. The van der Waals surface area contributed by atoms with Crippen molar-refractivity contribution in [2.24, 2.45) is 5.73 Å². The predicted octanol–water partition coefficient (Wildman–Crippen LogP) is 2.51. The molecule has 88 valence electrons. The lowest BCUT2D eigenvalue weighted by Gasteiger charge is -2.09. The minimum Gasteiger partial charge on any atom is -0.344 e. The molecule has 0 fully saturated rings. The second-order valence-corrected chi connectivity index (χ2v) is 4.81. The zero-order valence-electron chi connectivity index (χ0n) is 9.98. The van der Waals surface area contributed by atoms with Gasteiger partial charge in [0.1, 0.15) is 5.82 Å². The van der Waals surface area contributed by atoms with Gasteiger partial charge < -0.3 is 10.7 Å². The fraction of sp³-hybridized carbons (Fsp3) is 0.357. The van der Waals surface area contributed by atoms with Crippen molar-refractivity contribution in [2.75, 3.05) is 0 Å². The molecule has 1 aliphatic rings. The molecule has 0 aliphatic heterocycles. The first-order valence-electron chi connectivity index (χ1n) is 6.15. The van der Waals surface area contributed by atoms with Crippen molar-refractivity contribution < 1.29 is 0 Å². The maximum absolute atomic E-state index is 6.23. The number of nitrogens with two attached hydrogens (primary N) is 1. The van der Waals surface area contributed by atoms with Gasteiger partial charge in [0.25, 0.3) is 0 Å². The SMILES string of the molecule is CC1CCc2[nH]c(C(N)c3ccccc3)nc21. The normalized spacial score (nSPS) is 20.2. The van der Waals surface area contributed by atoms with Crippen molar-refractivity contribution in [3.8, 4) is 0 Å². The smallest absolute Gasteiger partial charge is 0.128 e. The van der Waals surface area contributed by atoms with Crippen LogP contribution in [0.25, 0.3) is 0 Å². The Morgan fingerprint density at radius 3 is 2.82 bits per heavy atom. The second kappa shape index (κ2) is 4.00. The van der Waals surface area contributed by atoms with Crippen molar-refractivity contribution in [3.05, 3.63) is 53.1 Å². The molecule has 0 bridgehead atoms. The summed E-state index contributed by atoms with van der Waals surface area (Å²) in [6.45, 7) is 2.23. The van der Waals surface area contributed by atoms with Crippen LogP contribution in [-0.2, 0) is 6.42 Å². The summed E-state index contributed by atoms with van der Waals surface area (Å²) in [5, 5.41) is 0. The number of nitrogens with zero attached hydrogens (tertiary/aromatic N) is 1. The first kappa shape index (κ1) is 10.5. The molecule has 0 amide bonds. The summed E-state index contributed by atoms with van der Waals surface area (Å²) < 4.78 is 0. The van der Waals surface area contributed by atoms with E-state index in [9.17, 15) is 0 Å². The van der Waals surface area contributed by atoms with E-state index in [4.69, 9.17) is 5.73 Å². The van der Waals surface area contributed by atoms with Gasteiger partial charge in [-0.15, -0.1) is 0 Å². The van der Waals surface area contributed by atoms with Gasteiger partial charge in [-0.05, 0) is 18.4 Å². The molecule has 1 aromatic carbocycles. The lowest BCUT2D eigenvalue weighted by atomic mass is 10.1. The summed E-state index contributed by atoms with van der Waals surface area (Å²) in [4.78, 5) is 8.05. The highest BCUT2D eigenvalue weighted by Gasteiger charge is 2.25. The topological polar surface area (TPSA) is 54.7 Å². The maximum atomic E-state index is 6.23. The first-order chi connectivity index (χ1) is 8.25. The van der Waals surface area contributed by atoms with Crippen LogP contribution in [0.15, 0.2) is 30.3 Å². The molecular weight excluding hydrogens is 210 g/mol. The van der Waals surface area contributed by atoms with E-state index in [1.165, 1.54) is 17.8 Å². The average molecular weight is 227 g/mol. The van der Waals surface area contributed by atoms with E-state index in [1.807, 2.05) is 30.3 Å². The Kier molecular flexibility index (Phi) is 2.48. The Morgan fingerprint density at radius 2 is 2.12 bits per heavy atom. The van der Waals surface area contributed by atoms with Gasteiger partial charge in [0.15, 0.2) is 0 Å². The predicted molar refractivity (Wildman–Crippen MR) is 67.8 cm³/mol. The largest absolute Gasteiger partial charge is 0.344 e. The first-order valence-corrected chi connectivity index (χ1v) is 6.15. The zero-order chi connectivity index (χ0) is 11.8. The number of aryl methyl sites for hydroxylation is 1. The van der Waals surface area contributed by atoms with E-state index in [2.05, 4.69) is 16.9 Å². The number of imidazole rings is 1. The van der Waals surface area contributed by atoms with E-state index >= 15 is 0 Å². The van der Waals surface area contributed by atoms with Gasteiger partial charge in [0.05, 0.1) is 11.7 Å². The summed E-state index contributed by atoms with van der Waals surface area (Å²) in [5.41, 5.74) is 9.82. The Hall–Kier alpha value is -1.61. The van der Waals surface area contributed by atoms with E-state index in [1.54, 1.807) is 0 Å². The fourth-order valence-electron chi connectivity index (χ4n) is 2.51. The fourth-order valence-corrected chi connectivity index (χ4v) is 2.51. The third-order valence-corrected chi connectivity index (χ3v) is 3.58. The summed E-state index contributed by atoms with van der Waals surface area (Å²) in [6.07, 6.45) is 2.31. The van der Waals surface area contributed by atoms with Crippen LogP contribution < -0.4 is 5.73 Å². The van der Waals surface area contributed by atoms with E-state index in [-0.39, 0.29) is 6.04 Å². The van der Waals surface area contributed by atoms with Crippen molar-refractivity contribution in [1.82, 2.24) is 9.97 Å². The number of benzene rings is 1. The molecule has 17 heavy (non-hydrogen) atoms. The molecule has 3 nitrogen and oxygen atoms in total.